The summed E-state index contributed by atoms with van der Waals surface area (Å²) in [5, 5.41) is 14.8. The van der Waals surface area contributed by atoms with Gasteiger partial charge in [0.15, 0.2) is 0 Å². The van der Waals surface area contributed by atoms with Gasteiger partial charge < -0.3 is 9.84 Å². The average Bonchev–Trinajstić information content (AvgIpc) is 2.72. The topological polar surface area (TPSA) is 47.3 Å². The predicted octanol–water partition coefficient (Wildman–Crippen LogP) is 3.10. The SMILES string of the molecule is CCCOc1ccc(C(O)Cc2c(C)nn(C)c2C)cc1. The normalized spacial score (nSPS) is 12.4. The van der Waals surface area contributed by atoms with Crippen LogP contribution in [0.4, 0.5) is 0 Å². The van der Waals surface area contributed by atoms with Gasteiger partial charge >= 0.3 is 0 Å². The van der Waals surface area contributed by atoms with Gasteiger partial charge in [0.05, 0.1) is 18.4 Å². The minimum Gasteiger partial charge on any atom is -0.494 e. The van der Waals surface area contributed by atoms with Crippen LogP contribution in [-0.2, 0) is 13.5 Å². The molecule has 0 aliphatic rings. The van der Waals surface area contributed by atoms with E-state index < -0.39 is 6.10 Å². The average molecular weight is 288 g/mol. The second-order valence-corrected chi connectivity index (χ2v) is 5.41. The molecular weight excluding hydrogens is 264 g/mol. The molecule has 1 aromatic carbocycles. The summed E-state index contributed by atoms with van der Waals surface area (Å²) >= 11 is 0. The van der Waals surface area contributed by atoms with Gasteiger partial charge in [-0.1, -0.05) is 19.1 Å². The zero-order chi connectivity index (χ0) is 15.4. The molecule has 1 aromatic heterocycles. The lowest BCUT2D eigenvalue weighted by atomic mass is 10.00. The summed E-state index contributed by atoms with van der Waals surface area (Å²) in [6.45, 7) is 6.81. The number of aliphatic hydroxyl groups excluding tert-OH is 1. The molecule has 0 amide bonds. The first-order chi connectivity index (χ1) is 10.0. The molecule has 4 heteroatoms. The highest BCUT2D eigenvalue weighted by Gasteiger charge is 2.15. The molecule has 0 spiro atoms. The van der Waals surface area contributed by atoms with Crippen molar-refractivity contribution in [3.05, 3.63) is 46.8 Å². The van der Waals surface area contributed by atoms with E-state index in [1.54, 1.807) is 0 Å². The van der Waals surface area contributed by atoms with Gasteiger partial charge in [0.1, 0.15) is 5.75 Å². The first kappa shape index (κ1) is 15.6. The fraction of sp³-hybridized carbons (Fsp3) is 0.471. The molecule has 1 atom stereocenters. The molecule has 1 N–H and O–H groups in total. The molecule has 21 heavy (non-hydrogen) atoms. The maximum absolute atomic E-state index is 10.4. The number of aromatic nitrogens is 2. The number of rotatable bonds is 6. The van der Waals surface area contributed by atoms with Crippen molar-refractivity contribution in [3.63, 3.8) is 0 Å². The summed E-state index contributed by atoms with van der Waals surface area (Å²) in [4.78, 5) is 0. The fourth-order valence-corrected chi connectivity index (χ4v) is 2.43. The lowest BCUT2D eigenvalue weighted by molar-refractivity contribution is 0.178. The lowest BCUT2D eigenvalue weighted by Gasteiger charge is -2.12. The molecule has 0 saturated heterocycles. The van der Waals surface area contributed by atoms with Crippen molar-refractivity contribution in [2.45, 2.75) is 39.7 Å². The highest BCUT2D eigenvalue weighted by molar-refractivity contribution is 5.31. The van der Waals surface area contributed by atoms with E-state index in [0.717, 1.165) is 41.3 Å². The Bertz CT molecular complexity index is 588. The van der Waals surface area contributed by atoms with E-state index in [1.807, 2.05) is 49.8 Å². The van der Waals surface area contributed by atoms with Crippen LogP contribution >= 0.6 is 0 Å². The zero-order valence-corrected chi connectivity index (χ0v) is 13.3. The van der Waals surface area contributed by atoms with Crippen molar-refractivity contribution in [1.29, 1.82) is 0 Å². The lowest BCUT2D eigenvalue weighted by Crippen LogP contribution is -2.04. The Hall–Kier alpha value is -1.81. The number of benzene rings is 1. The number of aryl methyl sites for hydroxylation is 2. The Labute approximate surface area is 126 Å². The number of hydrogen-bond acceptors (Lipinski definition) is 3. The van der Waals surface area contributed by atoms with Gasteiger partial charge in [0.2, 0.25) is 0 Å². The molecule has 0 aliphatic heterocycles. The van der Waals surface area contributed by atoms with Crippen molar-refractivity contribution in [2.75, 3.05) is 6.61 Å². The number of ether oxygens (including phenoxy) is 1. The first-order valence-corrected chi connectivity index (χ1v) is 7.42. The van der Waals surface area contributed by atoms with Gasteiger partial charge in [0.25, 0.3) is 0 Å². The fourth-order valence-electron chi connectivity index (χ4n) is 2.43. The Morgan fingerprint density at radius 3 is 2.43 bits per heavy atom. The van der Waals surface area contributed by atoms with Crippen LogP contribution in [0.3, 0.4) is 0 Å². The Kier molecular flexibility index (Phi) is 5.02. The molecule has 0 fully saturated rings. The third-order valence-electron chi connectivity index (χ3n) is 3.79. The molecule has 0 saturated carbocycles. The molecule has 4 nitrogen and oxygen atoms in total. The second kappa shape index (κ2) is 6.76. The zero-order valence-electron chi connectivity index (χ0n) is 13.3. The van der Waals surface area contributed by atoms with Gasteiger partial charge in [0, 0.05) is 19.2 Å². The van der Waals surface area contributed by atoms with Crippen molar-refractivity contribution in [2.24, 2.45) is 7.05 Å². The van der Waals surface area contributed by atoms with E-state index in [9.17, 15) is 5.11 Å². The molecule has 114 valence electrons. The summed E-state index contributed by atoms with van der Waals surface area (Å²) in [5.74, 6) is 0.849. The van der Waals surface area contributed by atoms with Gasteiger partial charge in [-0.05, 0) is 43.5 Å². The van der Waals surface area contributed by atoms with Crippen LogP contribution < -0.4 is 4.74 Å². The van der Waals surface area contributed by atoms with E-state index in [-0.39, 0.29) is 0 Å². The third-order valence-corrected chi connectivity index (χ3v) is 3.79. The summed E-state index contributed by atoms with van der Waals surface area (Å²) in [6, 6.07) is 7.68. The third kappa shape index (κ3) is 3.64. The van der Waals surface area contributed by atoms with E-state index in [4.69, 9.17) is 4.74 Å². The van der Waals surface area contributed by atoms with E-state index in [0.29, 0.717) is 6.42 Å². The largest absolute Gasteiger partial charge is 0.494 e. The molecule has 0 bridgehead atoms. The smallest absolute Gasteiger partial charge is 0.119 e. The predicted molar refractivity (Wildman–Crippen MR) is 83.6 cm³/mol. The summed E-state index contributed by atoms with van der Waals surface area (Å²) in [7, 11) is 1.93. The molecule has 1 unspecified atom stereocenters. The van der Waals surface area contributed by atoms with Crippen molar-refractivity contribution < 1.29 is 9.84 Å². The second-order valence-electron chi connectivity index (χ2n) is 5.41. The highest BCUT2D eigenvalue weighted by atomic mass is 16.5. The number of aliphatic hydroxyl groups is 1. The molecule has 0 radical (unpaired) electrons. The van der Waals surface area contributed by atoms with Crippen LogP contribution in [0.15, 0.2) is 24.3 Å². The van der Waals surface area contributed by atoms with E-state index in [2.05, 4.69) is 12.0 Å². The van der Waals surface area contributed by atoms with Crippen molar-refractivity contribution in [3.8, 4) is 5.75 Å². The minimum atomic E-state index is -0.521. The Morgan fingerprint density at radius 1 is 1.24 bits per heavy atom. The van der Waals surface area contributed by atoms with Crippen LogP contribution in [0, 0.1) is 13.8 Å². The van der Waals surface area contributed by atoms with Crippen LogP contribution in [0.5, 0.6) is 5.75 Å². The standard InChI is InChI=1S/C17H24N2O2/c1-5-10-21-15-8-6-14(7-9-15)17(20)11-16-12(2)18-19(4)13(16)3/h6-9,17,20H,5,10-11H2,1-4H3. The maximum Gasteiger partial charge on any atom is 0.119 e. The van der Waals surface area contributed by atoms with Crippen LogP contribution in [-0.4, -0.2) is 21.5 Å². The van der Waals surface area contributed by atoms with Crippen molar-refractivity contribution >= 4 is 0 Å². The number of hydrogen-bond donors (Lipinski definition) is 1. The molecule has 2 rings (SSSR count). The Morgan fingerprint density at radius 2 is 1.90 bits per heavy atom. The first-order valence-electron chi connectivity index (χ1n) is 7.42. The highest BCUT2D eigenvalue weighted by Crippen LogP contribution is 2.24. The summed E-state index contributed by atoms with van der Waals surface area (Å²) in [5.41, 5.74) is 4.12. The van der Waals surface area contributed by atoms with E-state index >= 15 is 0 Å². The minimum absolute atomic E-state index is 0.521. The molecule has 0 aliphatic carbocycles. The van der Waals surface area contributed by atoms with Crippen molar-refractivity contribution in [1.82, 2.24) is 9.78 Å². The monoisotopic (exact) mass is 288 g/mol. The van der Waals surface area contributed by atoms with Crippen LogP contribution in [0.2, 0.25) is 0 Å². The van der Waals surface area contributed by atoms with E-state index in [1.165, 1.54) is 0 Å². The quantitative estimate of drug-likeness (QED) is 0.888. The summed E-state index contributed by atoms with van der Waals surface area (Å²) in [6.07, 6.45) is 1.05. The molecular formula is C17H24N2O2. The maximum atomic E-state index is 10.4. The number of nitrogens with zero attached hydrogens (tertiary/aromatic N) is 2. The van der Waals surface area contributed by atoms with Gasteiger partial charge in [-0.15, -0.1) is 0 Å². The van der Waals surface area contributed by atoms with Gasteiger partial charge in [-0.3, -0.25) is 4.68 Å². The van der Waals surface area contributed by atoms with Crippen LogP contribution in [0.1, 0.15) is 42.0 Å². The Balaban J connectivity index is 2.07. The van der Waals surface area contributed by atoms with Crippen LogP contribution in [0.25, 0.3) is 0 Å². The van der Waals surface area contributed by atoms with Gasteiger partial charge in [-0.2, -0.15) is 5.10 Å². The summed E-state index contributed by atoms with van der Waals surface area (Å²) < 4.78 is 7.41. The molecule has 2 aromatic rings. The molecule has 1 heterocycles. The van der Waals surface area contributed by atoms with Gasteiger partial charge in [-0.25, -0.2) is 0 Å².